The SMILES string of the molecule is O=C(OCc1ccc(-n2cccn2)cc1)C1CCCN(C(=O)c2cccs2)C1. The quantitative estimate of drug-likeness (QED) is 0.620. The number of rotatable bonds is 5. The van der Waals surface area contributed by atoms with Crippen LogP contribution in [-0.2, 0) is 16.1 Å². The van der Waals surface area contributed by atoms with Gasteiger partial charge in [0.05, 0.1) is 16.5 Å². The Labute approximate surface area is 167 Å². The Morgan fingerprint density at radius 2 is 2.04 bits per heavy atom. The third-order valence-corrected chi connectivity index (χ3v) is 5.72. The number of aromatic nitrogens is 2. The van der Waals surface area contributed by atoms with Crippen LogP contribution in [0, 0.1) is 5.92 Å². The molecule has 0 aliphatic carbocycles. The van der Waals surface area contributed by atoms with Crippen molar-refractivity contribution in [3.05, 3.63) is 70.7 Å². The summed E-state index contributed by atoms with van der Waals surface area (Å²) in [5.41, 5.74) is 1.88. The number of hydrogen-bond donors (Lipinski definition) is 0. The number of thiophene rings is 1. The number of carbonyl (C=O) groups is 2. The number of ether oxygens (including phenoxy) is 1. The highest BCUT2D eigenvalue weighted by molar-refractivity contribution is 7.12. The number of likely N-dealkylation sites (tertiary alicyclic amines) is 1. The molecule has 1 atom stereocenters. The molecule has 0 spiro atoms. The molecule has 6 nitrogen and oxygen atoms in total. The fraction of sp³-hybridized carbons (Fsp3) is 0.286. The average molecular weight is 395 g/mol. The first-order chi connectivity index (χ1) is 13.7. The molecule has 144 valence electrons. The molecule has 28 heavy (non-hydrogen) atoms. The molecular formula is C21H21N3O3S. The Balaban J connectivity index is 1.31. The molecule has 1 saturated heterocycles. The van der Waals surface area contributed by atoms with E-state index in [2.05, 4.69) is 5.10 Å². The van der Waals surface area contributed by atoms with Crippen molar-refractivity contribution in [3.63, 3.8) is 0 Å². The first kappa shape index (κ1) is 18.4. The Kier molecular flexibility index (Phi) is 5.53. The van der Waals surface area contributed by atoms with E-state index in [0.29, 0.717) is 18.0 Å². The van der Waals surface area contributed by atoms with E-state index in [-0.39, 0.29) is 24.4 Å². The van der Waals surface area contributed by atoms with Crippen LogP contribution in [0.25, 0.3) is 5.69 Å². The van der Waals surface area contributed by atoms with E-state index in [1.165, 1.54) is 11.3 Å². The maximum absolute atomic E-state index is 12.5. The minimum absolute atomic E-state index is 0.00158. The average Bonchev–Trinajstić information content (AvgIpc) is 3.46. The summed E-state index contributed by atoms with van der Waals surface area (Å²) in [6.45, 7) is 1.34. The van der Waals surface area contributed by atoms with Crippen molar-refractivity contribution in [2.45, 2.75) is 19.4 Å². The molecule has 3 aromatic rings. The number of amides is 1. The molecule has 3 heterocycles. The fourth-order valence-electron chi connectivity index (χ4n) is 3.35. The van der Waals surface area contributed by atoms with Crippen LogP contribution in [0.1, 0.15) is 28.1 Å². The fourth-order valence-corrected chi connectivity index (χ4v) is 4.04. The molecule has 1 aliphatic heterocycles. The zero-order valence-electron chi connectivity index (χ0n) is 15.4. The van der Waals surface area contributed by atoms with E-state index >= 15 is 0 Å². The molecule has 1 fully saturated rings. The number of carbonyl (C=O) groups excluding carboxylic acids is 2. The Bertz CT molecular complexity index is 920. The van der Waals surface area contributed by atoms with Crippen LogP contribution >= 0.6 is 11.3 Å². The van der Waals surface area contributed by atoms with Gasteiger partial charge in [0.25, 0.3) is 5.91 Å². The summed E-state index contributed by atoms with van der Waals surface area (Å²) >= 11 is 1.43. The van der Waals surface area contributed by atoms with Gasteiger partial charge in [0.2, 0.25) is 0 Å². The summed E-state index contributed by atoms with van der Waals surface area (Å²) in [5, 5.41) is 6.08. The summed E-state index contributed by atoms with van der Waals surface area (Å²) in [7, 11) is 0. The summed E-state index contributed by atoms with van der Waals surface area (Å²) in [4.78, 5) is 27.5. The van der Waals surface area contributed by atoms with Gasteiger partial charge >= 0.3 is 5.97 Å². The van der Waals surface area contributed by atoms with Crippen LogP contribution in [0.15, 0.2) is 60.2 Å². The molecule has 4 rings (SSSR count). The van der Waals surface area contributed by atoms with E-state index in [4.69, 9.17) is 4.74 Å². The van der Waals surface area contributed by atoms with Gasteiger partial charge in [0, 0.05) is 25.5 Å². The monoisotopic (exact) mass is 395 g/mol. The number of nitrogens with zero attached hydrogens (tertiary/aromatic N) is 3. The molecule has 0 bridgehead atoms. The first-order valence-corrected chi connectivity index (χ1v) is 10.2. The van der Waals surface area contributed by atoms with Gasteiger partial charge in [-0.25, -0.2) is 4.68 Å². The van der Waals surface area contributed by atoms with Gasteiger partial charge in [-0.15, -0.1) is 11.3 Å². The second-order valence-corrected chi connectivity index (χ2v) is 7.74. The number of hydrogen-bond acceptors (Lipinski definition) is 5. The number of benzene rings is 1. The standard InChI is InChI=1S/C21H21N3O3S/c25-20(19-5-2-13-28-19)23-11-1-4-17(14-23)21(26)27-15-16-6-8-18(9-7-16)24-12-3-10-22-24/h2-3,5-10,12-13,17H,1,4,11,14-15H2. The molecule has 1 unspecified atom stereocenters. The summed E-state index contributed by atoms with van der Waals surface area (Å²) in [6.07, 6.45) is 5.18. The number of esters is 1. The van der Waals surface area contributed by atoms with Crippen molar-refractivity contribution >= 4 is 23.2 Å². The van der Waals surface area contributed by atoms with Crippen molar-refractivity contribution in [1.82, 2.24) is 14.7 Å². The molecule has 0 N–H and O–H groups in total. The van der Waals surface area contributed by atoms with Crippen LogP contribution in [0.5, 0.6) is 0 Å². The zero-order valence-corrected chi connectivity index (χ0v) is 16.2. The van der Waals surface area contributed by atoms with Crippen molar-refractivity contribution in [1.29, 1.82) is 0 Å². The van der Waals surface area contributed by atoms with E-state index < -0.39 is 0 Å². The lowest BCUT2D eigenvalue weighted by Gasteiger charge is -2.31. The van der Waals surface area contributed by atoms with E-state index in [9.17, 15) is 9.59 Å². The Hall–Kier alpha value is -2.93. The Morgan fingerprint density at radius 3 is 2.75 bits per heavy atom. The largest absolute Gasteiger partial charge is 0.461 e. The molecule has 1 aromatic carbocycles. The van der Waals surface area contributed by atoms with Gasteiger partial charge in [-0.05, 0) is 48.1 Å². The third-order valence-electron chi connectivity index (χ3n) is 4.86. The lowest BCUT2D eigenvalue weighted by Crippen LogP contribution is -2.42. The molecule has 2 aromatic heterocycles. The summed E-state index contributed by atoms with van der Waals surface area (Å²) < 4.78 is 7.30. The maximum atomic E-state index is 12.5. The summed E-state index contributed by atoms with van der Waals surface area (Å²) in [6, 6.07) is 13.3. The molecule has 0 saturated carbocycles. The lowest BCUT2D eigenvalue weighted by molar-refractivity contribution is -0.151. The van der Waals surface area contributed by atoms with E-state index in [1.54, 1.807) is 15.8 Å². The lowest BCUT2D eigenvalue weighted by atomic mass is 9.98. The van der Waals surface area contributed by atoms with Gasteiger partial charge in [-0.1, -0.05) is 18.2 Å². The van der Waals surface area contributed by atoms with E-state index in [1.807, 2.05) is 54.0 Å². The van der Waals surface area contributed by atoms with Crippen molar-refractivity contribution in [2.24, 2.45) is 5.92 Å². The second kappa shape index (κ2) is 8.39. The molecule has 1 amide bonds. The minimum Gasteiger partial charge on any atom is -0.461 e. The van der Waals surface area contributed by atoms with Gasteiger partial charge in [0.15, 0.2) is 0 Å². The van der Waals surface area contributed by atoms with Crippen LogP contribution in [0.3, 0.4) is 0 Å². The van der Waals surface area contributed by atoms with Gasteiger partial charge in [-0.3, -0.25) is 9.59 Å². The highest BCUT2D eigenvalue weighted by Crippen LogP contribution is 2.22. The van der Waals surface area contributed by atoms with Crippen molar-refractivity contribution in [2.75, 3.05) is 13.1 Å². The topological polar surface area (TPSA) is 64.4 Å². The Morgan fingerprint density at radius 1 is 1.18 bits per heavy atom. The predicted octanol–water partition coefficient (Wildman–Crippen LogP) is 3.53. The summed E-state index contributed by atoms with van der Waals surface area (Å²) in [5.74, 6) is -0.498. The highest BCUT2D eigenvalue weighted by atomic mass is 32.1. The molecule has 0 radical (unpaired) electrons. The van der Waals surface area contributed by atoms with Crippen LogP contribution in [-0.4, -0.2) is 39.6 Å². The predicted molar refractivity (Wildman–Crippen MR) is 106 cm³/mol. The normalized spacial score (nSPS) is 16.7. The first-order valence-electron chi connectivity index (χ1n) is 9.29. The number of piperidine rings is 1. The maximum Gasteiger partial charge on any atom is 0.311 e. The van der Waals surface area contributed by atoms with Gasteiger partial charge in [-0.2, -0.15) is 5.10 Å². The van der Waals surface area contributed by atoms with Crippen molar-refractivity contribution in [3.8, 4) is 5.69 Å². The third kappa shape index (κ3) is 4.14. The van der Waals surface area contributed by atoms with Crippen LogP contribution in [0.4, 0.5) is 0 Å². The van der Waals surface area contributed by atoms with Crippen LogP contribution < -0.4 is 0 Å². The second-order valence-electron chi connectivity index (χ2n) is 6.79. The minimum atomic E-state index is -0.263. The highest BCUT2D eigenvalue weighted by Gasteiger charge is 2.30. The van der Waals surface area contributed by atoms with E-state index in [0.717, 1.165) is 24.1 Å². The van der Waals surface area contributed by atoms with Crippen molar-refractivity contribution < 1.29 is 14.3 Å². The van der Waals surface area contributed by atoms with Gasteiger partial charge < -0.3 is 9.64 Å². The zero-order chi connectivity index (χ0) is 19.3. The molecule has 1 aliphatic rings. The van der Waals surface area contributed by atoms with Gasteiger partial charge in [0.1, 0.15) is 6.61 Å². The molecular weight excluding hydrogens is 374 g/mol. The van der Waals surface area contributed by atoms with Crippen LogP contribution in [0.2, 0.25) is 0 Å². The molecule has 7 heteroatoms. The smallest absolute Gasteiger partial charge is 0.311 e.